The van der Waals surface area contributed by atoms with Gasteiger partial charge in [-0.25, -0.2) is 4.98 Å². The molecule has 1 aromatic rings. The fourth-order valence-electron chi connectivity index (χ4n) is 1.10. The second-order valence-electron chi connectivity index (χ2n) is 3.06. The lowest BCUT2D eigenvalue weighted by Gasteiger charge is -2.00. The smallest absolute Gasteiger partial charge is 0.236 e. The van der Waals surface area contributed by atoms with Crippen LogP contribution in [0.25, 0.3) is 0 Å². The van der Waals surface area contributed by atoms with Crippen LogP contribution < -0.4 is 11.2 Å². The molecule has 5 heteroatoms. The Morgan fingerprint density at radius 3 is 3.07 bits per heavy atom. The second-order valence-corrected chi connectivity index (χ2v) is 3.06. The zero-order chi connectivity index (χ0) is 10.4. The molecule has 0 saturated carbocycles. The SMILES string of the molecule is CCCCCN=c1ccnc(N)n1O. The Morgan fingerprint density at radius 2 is 2.36 bits per heavy atom. The number of nitrogen functional groups attached to an aromatic ring is 1. The summed E-state index contributed by atoms with van der Waals surface area (Å²) in [6, 6.07) is 1.63. The van der Waals surface area contributed by atoms with E-state index in [2.05, 4.69) is 16.9 Å². The van der Waals surface area contributed by atoms with E-state index in [0.717, 1.165) is 24.0 Å². The number of rotatable bonds is 4. The maximum absolute atomic E-state index is 9.39. The van der Waals surface area contributed by atoms with Crippen LogP contribution in [-0.2, 0) is 0 Å². The van der Waals surface area contributed by atoms with Crippen LogP contribution in [0.5, 0.6) is 0 Å². The number of aromatic nitrogens is 2. The van der Waals surface area contributed by atoms with Gasteiger partial charge in [-0.05, 0) is 6.42 Å². The fourth-order valence-corrected chi connectivity index (χ4v) is 1.10. The van der Waals surface area contributed by atoms with Gasteiger partial charge in [0, 0.05) is 18.8 Å². The Bertz CT molecular complexity index is 345. The third kappa shape index (κ3) is 2.76. The first kappa shape index (κ1) is 10.6. The number of nitrogens with two attached hydrogens (primary N) is 1. The summed E-state index contributed by atoms with van der Waals surface area (Å²) < 4.78 is 0.798. The van der Waals surface area contributed by atoms with Gasteiger partial charge in [-0.15, -0.1) is 4.73 Å². The number of nitrogens with zero attached hydrogens (tertiary/aromatic N) is 3. The molecule has 0 amide bonds. The molecule has 3 N–H and O–H groups in total. The first-order valence-corrected chi connectivity index (χ1v) is 4.79. The summed E-state index contributed by atoms with van der Waals surface area (Å²) in [6.07, 6.45) is 4.86. The van der Waals surface area contributed by atoms with Crippen LogP contribution in [0, 0.1) is 0 Å². The highest BCUT2D eigenvalue weighted by atomic mass is 16.5. The van der Waals surface area contributed by atoms with Gasteiger partial charge in [-0.3, -0.25) is 4.99 Å². The van der Waals surface area contributed by atoms with Crippen molar-refractivity contribution >= 4 is 5.95 Å². The molecule has 0 aliphatic carbocycles. The fraction of sp³-hybridized carbons (Fsp3) is 0.556. The van der Waals surface area contributed by atoms with Crippen LogP contribution >= 0.6 is 0 Å². The first-order chi connectivity index (χ1) is 6.75. The summed E-state index contributed by atoms with van der Waals surface area (Å²) in [5.41, 5.74) is 5.85. The highest BCUT2D eigenvalue weighted by molar-refractivity contribution is 5.13. The molecule has 0 saturated heterocycles. The molecule has 0 unspecified atom stereocenters. The summed E-state index contributed by atoms with van der Waals surface area (Å²) in [5.74, 6) is 0.0572. The predicted octanol–water partition coefficient (Wildman–Crippen LogP) is 0.793. The van der Waals surface area contributed by atoms with Crippen LogP contribution in [0.15, 0.2) is 17.3 Å². The molecular weight excluding hydrogens is 180 g/mol. The number of anilines is 1. The lowest BCUT2D eigenvalue weighted by molar-refractivity contribution is 0.175. The van der Waals surface area contributed by atoms with E-state index in [4.69, 9.17) is 5.73 Å². The van der Waals surface area contributed by atoms with E-state index < -0.39 is 0 Å². The molecule has 14 heavy (non-hydrogen) atoms. The maximum atomic E-state index is 9.39. The molecular formula is C9H16N4O. The highest BCUT2D eigenvalue weighted by Gasteiger charge is 1.94. The molecule has 0 fully saturated rings. The van der Waals surface area contributed by atoms with E-state index in [-0.39, 0.29) is 5.95 Å². The Hall–Kier alpha value is -1.52. The van der Waals surface area contributed by atoms with Crippen LogP contribution in [0.2, 0.25) is 0 Å². The quantitative estimate of drug-likeness (QED) is 0.552. The molecule has 0 aliphatic rings. The minimum atomic E-state index is 0.0572. The van der Waals surface area contributed by atoms with Gasteiger partial charge in [0.2, 0.25) is 5.95 Å². The van der Waals surface area contributed by atoms with Gasteiger partial charge < -0.3 is 10.9 Å². The topological polar surface area (TPSA) is 76.4 Å². The van der Waals surface area contributed by atoms with E-state index in [1.54, 1.807) is 6.07 Å². The van der Waals surface area contributed by atoms with Crippen LogP contribution in [0.3, 0.4) is 0 Å². The average molecular weight is 196 g/mol. The maximum Gasteiger partial charge on any atom is 0.236 e. The molecule has 1 heterocycles. The molecule has 0 atom stereocenters. The standard InChI is InChI=1S/C9H16N4O/c1-2-3-4-6-11-8-5-7-12-9(10)13(8)14/h5,7,14H,2-4,6H2,1H3,(H2,10,12). The molecule has 1 rings (SSSR count). The third-order valence-corrected chi connectivity index (χ3v) is 1.90. The van der Waals surface area contributed by atoms with Crippen molar-refractivity contribution in [2.24, 2.45) is 4.99 Å². The van der Waals surface area contributed by atoms with Crippen LogP contribution in [-0.4, -0.2) is 21.5 Å². The summed E-state index contributed by atoms with van der Waals surface area (Å²) >= 11 is 0. The van der Waals surface area contributed by atoms with Crippen molar-refractivity contribution in [1.82, 2.24) is 9.71 Å². The molecule has 0 aromatic carbocycles. The minimum absolute atomic E-state index is 0.0572. The van der Waals surface area contributed by atoms with Gasteiger partial charge in [0.15, 0.2) is 5.49 Å². The highest BCUT2D eigenvalue weighted by Crippen LogP contribution is 1.93. The zero-order valence-electron chi connectivity index (χ0n) is 8.35. The van der Waals surface area contributed by atoms with E-state index in [1.165, 1.54) is 6.20 Å². The molecule has 1 aromatic heterocycles. The van der Waals surface area contributed by atoms with Gasteiger partial charge in [0.05, 0.1) is 0 Å². The first-order valence-electron chi connectivity index (χ1n) is 4.79. The molecule has 5 nitrogen and oxygen atoms in total. The third-order valence-electron chi connectivity index (χ3n) is 1.90. The van der Waals surface area contributed by atoms with Crippen molar-refractivity contribution in [1.29, 1.82) is 0 Å². The summed E-state index contributed by atoms with van der Waals surface area (Å²) in [6.45, 7) is 2.84. The molecule has 0 radical (unpaired) electrons. The number of hydrogen-bond acceptors (Lipinski definition) is 4. The van der Waals surface area contributed by atoms with E-state index in [1.807, 2.05) is 0 Å². The van der Waals surface area contributed by atoms with Gasteiger partial charge in [-0.1, -0.05) is 19.8 Å². The van der Waals surface area contributed by atoms with Crippen molar-refractivity contribution in [2.75, 3.05) is 12.3 Å². The Labute approximate surface area is 82.9 Å². The number of unbranched alkanes of at least 4 members (excludes halogenated alkanes) is 2. The van der Waals surface area contributed by atoms with Crippen molar-refractivity contribution < 1.29 is 5.21 Å². The van der Waals surface area contributed by atoms with Crippen LogP contribution in [0.4, 0.5) is 5.95 Å². The molecule has 78 valence electrons. The van der Waals surface area contributed by atoms with Crippen molar-refractivity contribution in [3.8, 4) is 0 Å². The van der Waals surface area contributed by atoms with Crippen molar-refractivity contribution in [2.45, 2.75) is 26.2 Å². The van der Waals surface area contributed by atoms with E-state index in [0.29, 0.717) is 12.0 Å². The summed E-state index contributed by atoms with van der Waals surface area (Å²) in [4.78, 5) is 7.91. The Balaban J connectivity index is 2.70. The minimum Gasteiger partial charge on any atom is -0.423 e. The monoisotopic (exact) mass is 196 g/mol. The van der Waals surface area contributed by atoms with Gasteiger partial charge in [0.25, 0.3) is 0 Å². The molecule has 0 bridgehead atoms. The summed E-state index contributed by atoms with van der Waals surface area (Å²) in [5, 5.41) is 9.39. The van der Waals surface area contributed by atoms with Crippen molar-refractivity contribution in [3.05, 3.63) is 17.8 Å². The molecule has 0 aliphatic heterocycles. The Kier molecular flexibility index (Phi) is 3.97. The number of hydrogen-bond donors (Lipinski definition) is 2. The van der Waals surface area contributed by atoms with E-state index >= 15 is 0 Å². The summed E-state index contributed by atoms with van der Waals surface area (Å²) in [7, 11) is 0. The lowest BCUT2D eigenvalue weighted by Crippen LogP contribution is -2.22. The largest absolute Gasteiger partial charge is 0.423 e. The van der Waals surface area contributed by atoms with Crippen molar-refractivity contribution in [3.63, 3.8) is 0 Å². The van der Waals surface area contributed by atoms with Crippen LogP contribution in [0.1, 0.15) is 26.2 Å². The van der Waals surface area contributed by atoms with Gasteiger partial charge >= 0.3 is 0 Å². The lowest BCUT2D eigenvalue weighted by atomic mass is 10.2. The zero-order valence-corrected chi connectivity index (χ0v) is 8.35. The second kappa shape index (κ2) is 5.26. The normalized spacial score (nSPS) is 11.9. The van der Waals surface area contributed by atoms with Gasteiger partial charge in [-0.2, -0.15) is 0 Å². The predicted molar refractivity (Wildman–Crippen MR) is 53.8 cm³/mol. The Morgan fingerprint density at radius 1 is 1.57 bits per heavy atom. The van der Waals surface area contributed by atoms with E-state index in [9.17, 15) is 5.21 Å². The average Bonchev–Trinajstić information content (AvgIpc) is 2.19. The molecule has 0 spiro atoms. The van der Waals surface area contributed by atoms with Gasteiger partial charge in [0.1, 0.15) is 0 Å².